The second kappa shape index (κ2) is 5.41. The van der Waals surface area contributed by atoms with Crippen molar-refractivity contribution in [3.8, 4) is 0 Å². The summed E-state index contributed by atoms with van der Waals surface area (Å²) in [6.45, 7) is 4.84. The Morgan fingerprint density at radius 1 is 1.68 bits per heavy atom. The molecule has 0 bridgehead atoms. The van der Waals surface area contributed by atoms with E-state index in [0.717, 1.165) is 0 Å². The molecule has 19 heavy (non-hydrogen) atoms. The molecule has 104 valence electrons. The first kappa shape index (κ1) is 13.6. The van der Waals surface area contributed by atoms with E-state index in [1.165, 1.54) is 17.0 Å². The molecule has 0 radical (unpaired) electrons. The van der Waals surface area contributed by atoms with E-state index in [2.05, 4.69) is 11.6 Å². The molecule has 0 unspecified atom stereocenters. The summed E-state index contributed by atoms with van der Waals surface area (Å²) in [5, 5.41) is 9.21. The number of nitrogens with one attached hydrogen (secondary N) is 1. The summed E-state index contributed by atoms with van der Waals surface area (Å²) in [6.07, 6.45) is 1.64. The first-order valence-corrected chi connectivity index (χ1v) is 5.91. The third-order valence-corrected chi connectivity index (χ3v) is 3.09. The van der Waals surface area contributed by atoms with Crippen molar-refractivity contribution in [3.05, 3.63) is 45.4 Å². The Balaban J connectivity index is 2.29. The highest BCUT2D eigenvalue weighted by molar-refractivity contribution is 5.02. The number of rotatable bonds is 4. The number of aromatic amines is 1. The molecule has 2 N–H and O–H groups in total. The normalized spacial score (nSPS) is 26.3. The lowest BCUT2D eigenvalue weighted by molar-refractivity contribution is -0.0480. The lowest BCUT2D eigenvalue weighted by Gasteiger charge is -2.15. The Morgan fingerprint density at radius 2 is 2.42 bits per heavy atom. The molecule has 0 aliphatic carbocycles. The van der Waals surface area contributed by atoms with E-state index in [1.54, 1.807) is 6.92 Å². The Kier molecular flexibility index (Phi) is 3.87. The molecule has 1 aromatic rings. The van der Waals surface area contributed by atoms with Crippen molar-refractivity contribution in [1.82, 2.24) is 9.55 Å². The van der Waals surface area contributed by atoms with Crippen molar-refractivity contribution in [2.45, 2.75) is 31.8 Å². The predicted molar refractivity (Wildman–Crippen MR) is 66.7 cm³/mol. The van der Waals surface area contributed by atoms with E-state index in [-0.39, 0.29) is 12.7 Å². The predicted octanol–water partition coefficient (Wildman–Crippen LogP) is -0.346. The zero-order chi connectivity index (χ0) is 14.0. The minimum absolute atomic E-state index is 0.216. The topological polar surface area (TPSA) is 93.6 Å². The zero-order valence-electron chi connectivity index (χ0n) is 10.5. The highest BCUT2D eigenvalue weighted by Crippen LogP contribution is 2.29. The van der Waals surface area contributed by atoms with Gasteiger partial charge in [-0.3, -0.25) is 14.3 Å². The Labute approximate surface area is 109 Å². The Hall–Kier alpha value is -1.86. The van der Waals surface area contributed by atoms with Crippen molar-refractivity contribution in [2.24, 2.45) is 0 Å². The number of aromatic nitrogens is 2. The van der Waals surface area contributed by atoms with Gasteiger partial charge in [-0.15, -0.1) is 0 Å². The van der Waals surface area contributed by atoms with Crippen LogP contribution in [0.25, 0.3) is 0 Å². The summed E-state index contributed by atoms with van der Waals surface area (Å²) < 4.78 is 12.1. The lowest BCUT2D eigenvalue weighted by Crippen LogP contribution is -2.33. The molecular formula is C12H16N2O5. The summed E-state index contributed by atoms with van der Waals surface area (Å²) in [7, 11) is 0. The fourth-order valence-corrected chi connectivity index (χ4v) is 2.10. The third kappa shape index (κ3) is 2.61. The van der Waals surface area contributed by atoms with Gasteiger partial charge in [0.15, 0.2) is 0 Å². The van der Waals surface area contributed by atoms with Crippen LogP contribution in [0, 0.1) is 6.92 Å². The first-order valence-electron chi connectivity index (χ1n) is 5.91. The number of aliphatic hydroxyl groups excluding tert-OH is 1. The van der Waals surface area contributed by atoms with E-state index in [1.807, 2.05) is 0 Å². The zero-order valence-corrected chi connectivity index (χ0v) is 10.5. The fourth-order valence-electron chi connectivity index (χ4n) is 2.10. The van der Waals surface area contributed by atoms with Crippen LogP contribution in [0.4, 0.5) is 0 Å². The number of ether oxygens (including phenoxy) is 2. The molecule has 2 heterocycles. The second-order valence-corrected chi connectivity index (χ2v) is 4.37. The van der Waals surface area contributed by atoms with Crippen LogP contribution in [0.1, 0.15) is 18.2 Å². The quantitative estimate of drug-likeness (QED) is 0.728. The average molecular weight is 268 g/mol. The number of nitrogens with zero attached hydrogens (tertiary/aromatic N) is 1. The fraction of sp³-hybridized carbons (Fsp3) is 0.500. The van der Waals surface area contributed by atoms with Gasteiger partial charge >= 0.3 is 5.69 Å². The highest BCUT2D eigenvalue weighted by atomic mass is 16.6. The van der Waals surface area contributed by atoms with Crippen LogP contribution in [0.5, 0.6) is 0 Å². The van der Waals surface area contributed by atoms with Gasteiger partial charge in [0.1, 0.15) is 18.4 Å². The number of aliphatic hydroxyl groups is 1. The van der Waals surface area contributed by atoms with Crippen LogP contribution >= 0.6 is 0 Å². The molecule has 7 heteroatoms. The van der Waals surface area contributed by atoms with E-state index < -0.39 is 23.6 Å². The van der Waals surface area contributed by atoms with Gasteiger partial charge in [-0.1, -0.05) is 6.58 Å². The molecule has 1 aromatic heterocycles. The van der Waals surface area contributed by atoms with Crippen molar-refractivity contribution in [2.75, 3.05) is 6.61 Å². The lowest BCUT2D eigenvalue weighted by atomic mass is 10.2. The van der Waals surface area contributed by atoms with Gasteiger partial charge in [-0.05, 0) is 6.92 Å². The molecular weight excluding hydrogens is 252 g/mol. The Morgan fingerprint density at radius 3 is 3.05 bits per heavy atom. The monoisotopic (exact) mass is 268 g/mol. The number of hydrogen-bond donors (Lipinski definition) is 2. The van der Waals surface area contributed by atoms with Crippen LogP contribution in [0.3, 0.4) is 0 Å². The van der Waals surface area contributed by atoms with E-state index >= 15 is 0 Å². The maximum Gasteiger partial charge on any atom is 0.330 e. The molecule has 3 atom stereocenters. The SMILES string of the molecule is C=CO[C@H]1C[C@H](n2cc(C)c(=O)[nH]c2=O)O[C@@H]1CO. The van der Waals surface area contributed by atoms with Gasteiger partial charge in [0.25, 0.3) is 5.56 Å². The standard InChI is InChI=1S/C12H16N2O5/c1-3-18-8-4-10(19-9(8)6-15)14-5-7(2)11(16)13-12(14)17/h3,5,8-10,15H,1,4,6H2,2H3,(H,13,16,17)/t8-,9+,10+/m0/s1. The summed E-state index contributed by atoms with van der Waals surface area (Å²) in [5.74, 6) is 0. The van der Waals surface area contributed by atoms with E-state index in [4.69, 9.17) is 9.47 Å². The van der Waals surface area contributed by atoms with Crippen molar-refractivity contribution in [1.29, 1.82) is 0 Å². The summed E-state index contributed by atoms with van der Waals surface area (Å²) >= 11 is 0. The smallest absolute Gasteiger partial charge is 0.330 e. The minimum atomic E-state index is -0.579. The maximum absolute atomic E-state index is 11.7. The Bertz CT molecular complexity index is 576. The van der Waals surface area contributed by atoms with Crippen LogP contribution in [-0.4, -0.2) is 33.5 Å². The van der Waals surface area contributed by atoms with Crippen LogP contribution in [0.2, 0.25) is 0 Å². The number of hydrogen-bond acceptors (Lipinski definition) is 5. The van der Waals surface area contributed by atoms with Gasteiger partial charge in [-0.25, -0.2) is 4.79 Å². The molecule has 7 nitrogen and oxygen atoms in total. The molecule has 2 rings (SSSR count). The molecule has 1 saturated heterocycles. The molecule has 0 aromatic carbocycles. The van der Waals surface area contributed by atoms with Crippen molar-refractivity contribution in [3.63, 3.8) is 0 Å². The summed E-state index contributed by atoms with van der Waals surface area (Å²) in [5.41, 5.74) is -0.551. The van der Waals surface area contributed by atoms with Crippen molar-refractivity contribution >= 4 is 0 Å². The van der Waals surface area contributed by atoms with Gasteiger partial charge in [0.05, 0.1) is 12.9 Å². The van der Waals surface area contributed by atoms with Gasteiger partial charge in [-0.2, -0.15) is 0 Å². The third-order valence-electron chi connectivity index (χ3n) is 3.09. The molecule has 1 aliphatic heterocycles. The number of H-pyrrole nitrogens is 1. The van der Waals surface area contributed by atoms with Crippen LogP contribution < -0.4 is 11.2 Å². The highest BCUT2D eigenvalue weighted by Gasteiger charge is 2.37. The molecule has 0 amide bonds. The minimum Gasteiger partial charge on any atom is -0.496 e. The molecule has 0 spiro atoms. The summed E-state index contributed by atoms with van der Waals surface area (Å²) in [4.78, 5) is 25.3. The molecule has 1 aliphatic rings. The summed E-state index contributed by atoms with van der Waals surface area (Å²) in [6, 6.07) is 0. The molecule has 1 fully saturated rings. The second-order valence-electron chi connectivity index (χ2n) is 4.37. The van der Waals surface area contributed by atoms with E-state index in [0.29, 0.717) is 12.0 Å². The van der Waals surface area contributed by atoms with Crippen molar-refractivity contribution < 1.29 is 14.6 Å². The maximum atomic E-state index is 11.7. The van der Waals surface area contributed by atoms with Crippen LogP contribution in [-0.2, 0) is 9.47 Å². The largest absolute Gasteiger partial charge is 0.496 e. The van der Waals surface area contributed by atoms with Crippen LogP contribution in [0.15, 0.2) is 28.6 Å². The first-order chi connectivity index (χ1) is 9.06. The average Bonchev–Trinajstić information content (AvgIpc) is 2.77. The van der Waals surface area contributed by atoms with E-state index in [9.17, 15) is 14.7 Å². The molecule has 0 saturated carbocycles. The van der Waals surface area contributed by atoms with Gasteiger partial charge in [0, 0.05) is 18.2 Å². The number of aryl methyl sites for hydroxylation is 1. The van der Waals surface area contributed by atoms with Gasteiger partial charge in [0.2, 0.25) is 0 Å². The van der Waals surface area contributed by atoms with Gasteiger partial charge < -0.3 is 14.6 Å².